The lowest BCUT2D eigenvalue weighted by Crippen LogP contribution is -2.51. The van der Waals surface area contributed by atoms with Gasteiger partial charge < -0.3 is 5.32 Å². The van der Waals surface area contributed by atoms with E-state index in [1.54, 1.807) is 4.72 Å². The highest BCUT2D eigenvalue weighted by atomic mass is 35.5. The maximum atomic E-state index is 12.5. The minimum absolute atomic E-state index is 0.0855. The summed E-state index contributed by atoms with van der Waals surface area (Å²) < 4.78 is 48.9. The number of hydrogen-bond acceptors (Lipinski definition) is 4. The van der Waals surface area contributed by atoms with E-state index in [2.05, 4.69) is 5.32 Å². The monoisotopic (exact) mass is 302 g/mol. The number of rotatable bonds is 5. The van der Waals surface area contributed by atoms with E-state index in [1.165, 1.54) is 7.05 Å². The van der Waals surface area contributed by atoms with Crippen LogP contribution in [0.3, 0.4) is 0 Å². The van der Waals surface area contributed by atoms with Crippen LogP contribution in [0.25, 0.3) is 0 Å². The molecule has 1 amide bonds. The molecule has 0 unspecified atom stereocenters. The van der Waals surface area contributed by atoms with Gasteiger partial charge in [0, 0.05) is 5.92 Å². The molecule has 0 aromatic carbocycles. The standard InChI is InChI=1S/C9H13ClF2N2O3S/c1-13-9(4-5(9)6(11)12)7(15)14-18(16,17)8(10)2-3-8/h5-6,13H,2-4H2,1H3,(H,14,15)/t5-,9+/m0/s1. The molecule has 2 N–H and O–H groups in total. The van der Waals surface area contributed by atoms with Crippen LogP contribution in [0.5, 0.6) is 0 Å². The Morgan fingerprint density at radius 1 is 1.44 bits per heavy atom. The van der Waals surface area contributed by atoms with E-state index in [4.69, 9.17) is 11.6 Å². The van der Waals surface area contributed by atoms with Crippen LogP contribution in [0.2, 0.25) is 0 Å². The van der Waals surface area contributed by atoms with Gasteiger partial charge in [-0.2, -0.15) is 0 Å². The highest BCUT2D eigenvalue weighted by Crippen LogP contribution is 2.50. The molecule has 2 aliphatic rings. The quantitative estimate of drug-likeness (QED) is 0.721. The number of hydrogen-bond donors (Lipinski definition) is 2. The first-order valence-electron chi connectivity index (χ1n) is 5.41. The van der Waals surface area contributed by atoms with E-state index < -0.39 is 38.0 Å². The van der Waals surface area contributed by atoms with Gasteiger partial charge in [0.05, 0.1) is 0 Å². The number of sulfonamides is 1. The Hall–Kier alpha value is -0.470. The number of carbonyl (C=O) groups excluding carboxylic acids is 1. The zero-order valence-electron chi connectivity index (χ0n) is 9.54. The largest absolute Gasteiger partial charge is 0.306 e. The van der Waals surface area contributed by atoms with Gasteiger partial charge in [-0.15, -0.1) is 0 Å². The lowest BCUT2D eigenvalue weighted by molar-refractivity contribution is -0.123. The van der Waals surface area contributed by atoms with Crippen LogP contribution in [0.15, 0.2) is 0 Å². The average Bonchev–Trinajstić information content (AvgIpc) is 3.11. The molecule has 0 aliphatic heterocycles. The van der Waals surface area contributed by atoms with E-state index in [0.717, 1.165) is 0 Å². The number of alkyl halides is 3. The van der Waals surface area contributed by atoms with Gasteiger partial charge >= 0.3 is 0 Å². The minimum atomic E-state index is -4.01. The highest BCUT2D eigenvalue weighted by Gasteiger charge is 2.65. The summed E-state index contributed by atoms with van der Waals surface area (Å²) >= 11 is 5.72. The highest BCUT2D eigenvalue weighted by molar-refractivity contribution is 7.93. The van der Waals surface area contributed by atoms with Crippen LogP contribution in [-0.2, 0) is 14.8 Å². The van der Waals surface area contributed by atoms with Gasteiger partial charge in [-0.3, -0.25) is 4.79 Å². The molecule has 5 nitrogen and oxygen atoms in total. The number of amides is 1. The Kier molecular flexibility index (Phi) is 3.11. The van der Waals surface area contributed by atoms with Crippen LogP contribution in [-0.4, -0.2) is 37.5 Å². The van der Waals surface area contributed by atoms with Crippen molar-refractivity contribution in [2.75, 3.05) is 7.05 Å². The second kappa shape index (κ2) is 4.01. The number of likely N-dealkylation sites (N-methyl/N-ethyl adjacent to an activating group) is 1. The molecule has 2 saturated carbocycles. The predicted octanol–water partition coefficient (Wildman–Crippen LogP) is 0.404. The second-order valence-corrected chi connectivity index (χ2v) is 7.62. The Morgan fingerprint density at radius 3 is 2.33 bits per heavy atom. The average molecular weight is 303 g/mol. The summed E-state index contributed by atoms with van der Waals surface area (Å²) in [4.78, 5) is 11.8. The molecule has 0 radical (unpaired) electrons. The molecule has 0 saturated heterocycles. The summed E-state index contributed by atoms with van der Waals surface area (Å²) in [5.74, 6) is -2.12. The molecule has 0 heterocycles. The number of halogens is 3. The molecular formula is C9H13ClF2N2O3S. The van der Waals surface area contributed by atoms with E-state index in [1.807, 2.05) is 0 Å². The van der Waals surface area contributed by atoms with Crippen molar-refractivity contribution >= 4 is 27.5 Å². The van der Waals surface area contributed by atoms with Gasteiger partial charge in [0.15, 0.2) is 4.21 Å². The van der Waals surface area contributed by atoms with Crippen molar-refractivity contribution < 1.29 is 22.0 Å². The van der Waals surface area contributed by atoms with Crippen molar-refractivity contribution in [2.24, 2.45) is 5.92 Å². The molecular weight excluding hydrogens is 290 g/mol. The Bertz CT molecular complexity index is 480. The molecule has 0 aromatic heterocycles. The van der Waals surface area contributed by atoms with Gasteiger partial charge in [-0.05, 0) is 26.3 Å². The maximum absolute atomic E-state index is 12.5. The SMILES string of the molecule is CN[C@]1(C(=O)NS(=O)(=O)C2(Cl)CC2)C[C@H]1C(F)F. The summed E-state index contributed by atoms with van der Waals surface area (Å²) in [5.41, 5.74) is -1.50. The van der Waals surface area contributed by atoms with Crippen molar-refractivity contribution in [2.45, 2.75) is 35.4 Å². The summed E-state index contributed by atoms with van der Waals surface area (Å²) in [5, 5.41) is 2.48. The summed E-state index contributed by atoms with van der Waals surface area (Å²) in [6.45, 7) is 0. The molecule has 104 valence electrons. The third-order valence-electron chi connectivity index (χ3n) is 3.52. The van der Waals surface area contributed by atoms with Gasteiger partial charge in [0.1, 0.15) is 5.54 Å². The predicted molar refractivity (Wildman–Crippen MR) is 60.8 cm³/mol. The van der Waals surface area contributed by atoms with Gasteiger partial charge in [-0.1, -0.05) is 11.6 Å². The Morgan fingerprint density at radius 2 is 2.00 bits per heavy atom. The fourth-order valence-electron chi connectivity index (χ4n) is 1.93. The number of carbonyl (C=O) groups is 1. The Balaban J connectivity index is 2.09. The van der Waals surface area contributed by atoms with Gasteiger partial charge in [0.2, 0.25) is 6.43 Å². The molecule has 18 heavy (non-hydrogen) atoms. The molecule has 2 rings (SSSR count). The van der Waals surface area contributed by atoms with Crippen LogP contribution < -0.4 is 10.0 Å². The van der Waals surface area contributed by atoms with E-state index in [-0.39, 0.29) is 19.3 Å². The van der Waals surface area contributed by atoms with Gasteiger partial charge in [-0.25, -0.2) is 21.9 Å². The third kappa shape index (κ3) is 2.00. The molecule has 2 fully saturated rings. The smallest absolute Gasteiger partial charge is 0.254 e. The molecule has 0 spiro atoms. The topological polar surface area (TPSA) is 75.3 Å². The van der Waals surface area contributed by atoms with Crippen LogP contribution in [0.4, 0.5) is 8.78 Å². The fraction of sp³-hybridized carbons (Fsp3) is 0.889. The van der Waals surface area contributed by atoms with Crippen LogP contribution in [0, 0.1) is 5.92 Å². The first-order chi connectivity index (χ1) is 8.18. The van der Waals surface area contributed by atoms with Crippen molar-refractivity contribution in [3.8, 4) is 0 Å². The first-order valence-corrected chi connectivity index (χ1v) is 7.27. The summed E-state index contributed by atoms with van der Waals surface area (Å²) in [7, 11) is -2.66. The van der Waals surface area contributed by atoms with Gasteiger partial charge in [0.25, 0.3) is 15.9 Å². The second-order valence-electron chi connectivity index (χ2n) is 4.68. The van der Waals surface area contributed by atoms with E-state index in [9.17, 15) is 22.0 Å². The first kappa shape index (κ1) is 14.0. The Labute approximate surface area is 108 Å². The number of nitrogens with one attached hydrogen (secondary N) is 2. The summed E-state index contributed by atoms with van der Waals surface area (Å²) in [6.07, 6.45) is -2.25. The lowest BCUT2D eigenvalue weighted by Gasteiger charge is -2.18. The third-order valence-corrected chi connectivity index (χ3v) is 6.33. The molecule has 2 atom stereocenters. The summed E-state index contributed by atoms with van der Waals surface area (Å²) in [6, 6.07) is 0. The van der Waals surface area contributed by atoms with Crippen molar-refractivity contribution in [3.05, 3.63) is 0 Å². The zero-order valence-corrected chi connectivity index (χ0v) is 11.1. The van der Waals surface area contributed by atoms with Crippen LogP contribution >= 0.6 is 11.6 Å². The normalized spacial score (nSPS) is 33.3. The van der Waals surface area contributed by atoms with E-state index >= 15 is 0 Å². The molecule has 0 bridgehead atoms. The van der Waals surface area contributed by atoms with Crippen molar-refractivity contribution in [1.82, 2.24) is 10.0 Å². The molecule has 2 aliphatic carbocycles. The minimum Gasteiger partial charge on any atom is -0.306 e. The van der Waals surface area contributed by atoms with Crippen molar-refractivity contribution in [1.29, 1.82) is 0 Å². The van der Waals surface area contributed by atoms with Crippen LogP contribution in [0.1, 0.15) is 19.3 Å². The maximum Gasteiger partial charge on any atom is 0.254 e. The molecule has 0 aromatic rings. The zero-order chi connectivity index (χ0) is 13.8. The lowest BCUT2D eigenvalue weighted by atomic mass is 10.2. The molecule has 9 heteroatoms. The van der Waals surface area contributed by atoms with Crippen molar-refractivity contribution in [3.63, 3.8) is 0 Å². The fourth-order valence-corrected chi connectivity index (χ4v) is 3.38. The van der Waals surface area contributed by atoms with E-state index in [0.29, 0.717) is 0 Å².